The van der Waals surface area contributed by atoms with E-state index in [1.54, 1.807) is 37.3 Å². The van der Waals surface area contributed by atoms with Crippen LogP contribution in [-0.2, 0) is 14.3 Å². The maximum Gasteiger partial charge on any atom is 0.310 e. The number of hydrogen-bond acceptors (Lipinski definition) is 4. The summed E-state index contributed by atoms with van der Waals surface area (Å²) in [6, 6.07) is 14.4. The Morgan fingerprint density at radius 3 is 2.56 bits per heavy atom. The van der Waals surface area contributed by atoms with Crippen molar-refractivity contribution in [1.82, 2.24) is 0 Å². The number of rotatable bonds is 7. The molecule has 2 aromatic rings. The largest absolute Gasteiger partial charge is 0.493 e. The number of ether oxygens (including phenoxy) is 2. The van der Waals surface area contributed by atoms with Crippen LogP contribution in [0.3, 0.4) is 0 Å². The molecule has 25 heavy (non-hydrogen) atoms. The number of para-hydroxylation sites is 1. The number of esters is 1. The van der Waals surface area contributed by atoms with Crippen LogP contribution >= 0.6 is 11.6 Å². The molecule has 1 amide bonds. The molecule has 1 atom stereocenters. The van der Waals surface area contributed by atoms with Gasteiger partial charge in [0.05, 0.1) is 13.0 Å². The van der Waals surface area contributed by atoms with Gasteiger partial charge in [0.15, 0.2) is 6.10 Å². The molecule has 5 nitrogen and oxygen atoms in total. The highest BCUT2D eigenvalue weighted by molar-refractivity contribution is 6.31. The van der Waals surface area contributed by atoms with Gasteiger partial charge < -0.3 is 14.8 Å². The van der Waals surface area contributed by atoms with Crippen molar-refractivity contribution in [3.63, 3.8) is 0 Å². The van der Waals surface area contributed by atoms with Crippen LogP contribution in [-0.4, -0.2) is 24.6 Å². The first kappa shape index (κ1) is 18.8. The summed E-state index contributed by atoms with van der Waals surface area (Å²) in [4.78, 5) is 24.0. The molecular formula is C19H20ClNO4. The Bertz CT molecular complexity index is 733. The van der Waals surface area contributed by atoms with Crippen LogP contribution in [0.2, 0.25) is 5.02 Å². The number of amides is 1. The lowest BCUT2D eigenvalue weighted by atomic mass is 10.2. The highest BCUT2D eigenvalue weighted by Crippen LogP contribution is 2.23. The molecule has 2 aromatic carbocycles. The van der Waals surface area contributed by atoms with Crippen LogP contribution in [0.4, 0.5) is 5.69 Å². The molecule has 6 heteroatoms. The maximum absolute atomic E-state index is 12.1. The Labute approximate surface area is 151 Å². The molecule has 0 bridgehead atoms. The van der Waals surface area contributed by atoms with Crippen molar-refractivity contribution < 1.29 is 19.1 Å². The second-order valence-electron chi connectivity index (χ2n) is 5.45. The molecule has 0 aliphatic carbocycles. The van der Waals surface area contributed by atoms with Crippen LogP contribution < -0.4 is 10.1 Å². The summed E-state index contributed by atoms with van der Waals surface area (Å²) in [6.07, 6.45) is -0.856. The smallest absolute Gasteiger partial charge is 0.310 e. The van der Waals surface area contributed by atoms with E-state index < -0.39 is 18.0 Å². The zero-order valence-electron chi connectivity index (χ0n) is 14.1. The van der Waals surface area contributed by atoms with Gasteiger partial charge in [-0.1, -0.05) is 35.9 Å². The summed E-state index contributed by atoms with van der Waals surface area (Å²) < 4.78 is 10.6. The van der Waals surface area contributed by atoms with E-state index in [2.05, 4.69) is 5.32 Å². The second-order valence-corrected chi connectivity index (χ2v) is 5.85. The van der Waals surface area contributed by atoms with Crippen molar-refractivity contribution in [3.8, 4) is 5.75 Å². The van der Waals surface area contributed by atoms with Gasteiger partial charge in [-0.15, -0.1) is 0 Å². The predicted molar refractivity (Wildman–Crippen MR) is 96.9 cm³/mol. The fraction of sp³-hybridized carbons (Fsp3) is 0.263. The molecule has 0 aliphatic heterocycles. The van der Waals surface area contributed by atoms with Gasteiger partial charge in [0, 0.05) is 10.7 Å². The zero-order valence-corrected chi connectivity index (χ0v) is 14.9. The van der Waals surface area contributed by atoms with Crippen molar-refractivity contribution >= 4 is 29.2 Å². The van der Waals surface area contributed by atoms with E-state index in [1.807, 2.05) is 18.2 Å². The van der Waals surface area contributed by atoms with Gasteiger partial charge in [-0.05, 0) is 43.7 Å². The molecule has 0 fully saturated rings. The van der Waals surface area contributed by atoms with Gasteiger partial charge in [0.25, 0.3) is 5.91 Å². The molecule has 0 saturated carbocycles. The van der Waals surface area contributed by atoms with Gasteiger partial charge in [-0.3, -0.25) is 9.59 Å². The Balaban J connectivity index is 1.78. The molecule has 1 N–H and O–H groups in total. The average molecular weight is 362 g/mol. The third kappa shape index (κ3) is 5.80. The molecule has 0 unspecified atom stereocenters. The highest BCUT2D eigenvalue weighted by Gasteiger charge is 2.18. The van der Waals surface area contributed by atoms with Gasteiger partial charge in [-0.2, -0.15) is 0 Å². The Morgan fingerprint density at radius 2 is 1.84 bits per heavy atom. The van der Waals surface area contributed by atoms with E-state index in [4.69, 9.17) is 21.1 Å². The molecule has 0 spiro atoms. The number of hydrogen-bond donors (Lipinski definition) is 1. The van der Waals surface area contributed by atoms with Crippen molar-refractivity contribution in [2.75, 3.05) is 11.9 Å². The summed E-state index contributed by atoms with van der Waals surface area (Å²) in [5.41, 5.74) is 1.35. The standard InChI is InChI=1S/C19H20ClNO4/c1-13-16(20)9-6-10-17(13)21-19(23)14(2)25-18(22)11-12-24-15-7-4-3-5-8-15/h3-10,14H,11-12H2,1-2H3,(H,21,23)/t14-/m0/s1. The topological polar surface area (TPSA) is 64.6 Å². The Kier molecular flexibility index (Phi) is 6.83. The minimum Gasteiger partial charge on any atom is -0.493 e. The zero-order chi connectivity index (χ0) is 18.2. The Hall–Kier alpha value is -2.53. The summed E-state index contributed by atoms with van der Waals surface area (Å²) in [6.45, 7) is 3.51. The quantitative estimate of drug-likeness (QED) is 0.757. The van der Waals surface area contributed by atoms with Gasteiger partial charge in [0.2, 0.25) is 0 Å². The number of benzene rings is 2. The highest BCUT2D eigenvalue weighted by atomic mass is 35.5. The lowest BCUT2D eigenvalue weighted by molar-refractivity contribution is -0.153. The third-order valence-electron chi connectivity index (χ3n) is 3.52. The van der Waals surface area contributed by atoms with Gasteiger partial charge >= 0.3 is 5.97 Å². The lowest BCUT2D eigenvalue weighted by Crippen LogP contribution is -2.30. The summed E-state index contributed by atoms with van der Waals surface area (Å²) in [5.74, 6) is -0.235. The number of carbonyl (C=O) groups is 2. The van der Waals surface area contributed by atoms with E-state index in [1.165, 1.54) is 6.92 Å². The fourth-order valence-corrected chi connectivity index (χ4v) is 2.23. The Morgan fingerprint density at radius 1 is 1.12 bits per heavy atom. The minimum absolute atomic E-state index is 0.0582. The van der Waals surface area contributed by atoms with E-state index in [-0.39, 0.29) is 13.0 Å². The SMILES string of the molecule is Cc1c(Cl)cccc1NC(=O)[C@H](C)OC(=O)CCOc1ccccc1. The molecule has 0 saturated heterocycles. The van der Waals surface area contributed by atoms with E-state index in [0.29, 0.717) is 16.5 Å². The van der Waals surface area contributed by atoms with Crippen LogP contribution in [0, 0.1) is 6.92 Å². The average Bonchev–Trinajstić information content (AvgIpc) is 2.59. The van der Waals surface area contributed by atoms with E-state index >= 15 is 0 Å². The van der Waals surface area contributed by atoms with Crippen molar-refractivity contribution in [2.24, 2.45) is 0 Å². The number of carbonyl (C=O) groups excluding carboxylic acids is 2. The molecule has 0 heterocycles. The maximum atomic E-state index is 12.1. The normalized spacial score (nSPS) is 11.5. The second kappa shape index (κ2) is 9.08. The van der Waals surface area contributed by atoms with Crippen LogP contribution in [0.25, 0.3) is 0 Å². The number of nitrogens with one attached hydrogen (secondary N) is 1. The number of halogens is 1. The van der Waals surface area contributed by atoms with Crippen molar-refractivity contribution in [3.05, 3.63) is 59.1 Å². The number of anilines is 1. The molecular weight excluding hydrogens is 342 g/mol. The van der Waals surface area contributed by atoms with Crippen molar-refractivity contribution in [2.45, 2.75) is 26.4 Å². The third-order valence-corrected chi connectivity index (χ3v) is 3.93. The summed E-state index contributed by atoms with van der Waals surface area (Å²) in [5, 5.41) is 3.26. The molecule has 132 valence electrons. The molecule has 0 aliphatic rings. The van der Waals surface area contributed by atoms with Crippen LogP contribution in [0.5, 0.6) is 5.75 Å². The minimum atomic E-state index is -0.914. The van der Waals surface area contributed by atoms with E-state index in [9.17, 15) is 9.59 Å². The van der Waals surface area contributed by atoms with Gasteiger partial charge in [-0.25, -0.2) is 0 Å². The van der Waals surface area contributed by atoms with Gasteiger partial charge in [0.1, 0.15) is 5.75 Å². The van der Waals surface area contributed by atoms with Crippen LogP contribution in [0.15, 0.2) is 48.5 Å². The predicted octanol–water partition coefficient (Wildman–Crippen LogP) is 3.99. The molecule has 0 radical (unpaired) electrons. The summed E-state index contributed by atoms with van der Waals surface area (Å²) in [7, 11) is 0. The first-order valence-corrected chi connectivity index (χ1v) is 8.28. The first-order valence-electron chi connectivity index (χ1n) is 7.90. The lowest BCUT2D eigenvalue weighted by Gasteiger charge is -2.15. The summed E-state index contributed by atoms with van der Waals surface area (Å²) >= 11 is 6.02. The van der Waals surface area contributed by atoms with Crippen LogP contribution in [0.1, 0.15) is 18.9 Å². The molecule has 2 rings (SSSR count). The fourth-order valence-electron chi connectivity index (χ4n) is 2.06. The first-order chi connectivity index (χ1) is 12.0. The van der Waals surface area contributed by atoms with E-state index in [0.717, 1.165) is 5.56 Å². The monoisotopic (exact) mass is 361 g/mol. The van der Waals surface area contributed by atoms with Crippen molar-refractivity contribution in [1.29, 1.82) is 0 Å². The molecule has 0 aromatic heterocycles.